The molecule has 3 rings (SSSR count). The molecule has 0 aliphatic rings. The van der Waals surface area contributed by atoms with Crippen molar-refractivity contribution in [3.8, 4) is 0 Å². The van der Waals surface area contributed by atoms with Gasteiger partial charge in [-0.25, -0.2) is 0 Å². The zero-order valence-corrected chi connectivity index (χ0v) is 11.0. The number of para-hydroxylation sites is 1. The Labute approximate surface area is 115 Å². The number of nitro groups is 1. The average molecular weight is 270 g/mol. The Bertz CT molecular complexity index is 744. The predicted molar refractivity (Wildman–Crippen MR) is 75.3 cm³/mol. The van der Waals surface area contributed by atoms with Crippen molar-refractivity contribution in [2.75, 3.05) is 6.54 Å². The van der Waals surface area contributed by atoms with E-state index in [1.54, 1.807) is 18.4 Å². The van der Waals surface area contributed by atoms with Gasteiger partial charge in [0, 0.05) is 29.1 Å². The summed E-state index contributed by atoms with van der Waals surface area (Å²) in [5, 5.41) is 12.0. The standard InChI is InChI=1S/C15H14N2O3/c1-16-9-12(11-5-2-3-6-14(11)16)13(10-17(18)19)15-7-4-8-20-15/h2-9,13H,10H2,1H3/t13-/m1/s1. The van der Waals surface area contributed by atoms with Crippen LogP contribution in [0.25, 0.3) is 10.9 Å². The Morgan fingerprint density at radius 1 is 1.30 bits per heavy atom. The van der Waals surface area contributed by atoms with E-state index in [2.05, 4.69) is 0 Å². The minimum Gasteiger partial charge on any atom is -0.468 e. The van der Waals surface area contributed by atoms with Crippen LogP contribution in [0.5, 0.6) is 0 Å². The van der Waals surface area contributed by atoms with Gasteiger partial charge in [-0.05, 0) is 23.8 Å². The van der Waals surface area contributed by atoms with Crippen LogP contribution in [0.3, 0.4) is 0 Å². The SMILES string of the molecule is Cn1cc([C@@H](C[N+](=O)[O-])c2ccco2)c2ccccc21. The summed E-state index contributed by atoms with van der Waals surface area (Å²) in [5.74, 6) is 0.254. The minimum atomic E-state index is -0.369. The van der Waals surface area contributed by atoms with Gasteiger partial charge in [-0.3, -0.25) is 10.1 Å². The van der Waals surface area contributed by atoms with Crippen molar-refractivity contribution in [2.24, 2.45) is 7.05 Å². The molecule has 0 unspecified atom stereocenters. The van der Waals surface area contributed by atoms with Crippen LogP contribution in [0.4, 0.5) is 0 Å². The fourth-order valence-electron chi connectivity index (χ4n) is 2.63. The summed E-state index contributed by atoms with van der Waals surface area (Å²) in [7, 11) is 1.94. The molecule has 0 saturated heterocycles. The highest BCUT2D eigenvalue weighted by atomic mass is 16.6. The summed E-state index contributed by atoms with van der Waals surface area (Å²) in [5.41, 5.74) is 1.98. The largest absolute Gasteiger partial charge is 0.468 e. The zero-order valence-electron chi connectivity index (χ0n) is 11.0. The zero-order chi connectivity index (χ0) is 14.1. The number of furan rings is 1. The third kappa shape index (κ3) is 2.07. The van der Waals surface area contributed by atoms with Gasteiger partial charge in [0.05, 0.1) is 6.26 Å². The van der Waals surface area contributed by atoms with Crippen molar-refractivity contribution in [2.45, 2.75) is 5.92 Å². The molecule has 0 amide bonds. The van der Waals surface area contributed by atoms with Crippen LogP contribution in [0.2, 0.25) is 0 Å². The summed E-state index contributed by atoms with van der Waals surface area (Å²) >= 11 is 0. The van der Waals surface area contributed by atoms with Gasteiger partial charge in [-0.2, -0.15) is 0 Å². The fraction of sp³-hybridized carbons (Fsp3) is 0.200. The molecular formula is C15H14N2O3. The van der Waals surface area contributed by atoms with E-state index in [4.69, 9.17) is 4.42 Å². The number of hydrogen-bond acceptors (Lipinski definition) is 3. The second kappa shape index (κ2) is 4.85. The molecule has 5 nitrogen and oxygen atoms in total. The summed E-state index contributed by atoms with van der Waals surface area (Å²) < 4.78 is 7.38. The van der Waals surface area contributed by atoms with E-state index < -0.39 is 0 Å². The molecule has 0 N–H and O–H groups in total. The van der Waals surface area contributed by atoms with Gasteiger partial charge in [0.15, 0.2) is 0 Å². The lowest BCUT2D eigenvalue weighted by Crippen LogP contribution is -2.13. The number of fused-ring (bicyclic) bond motifs is 1. The first-order chi connectivity index (χ1) is 9.66. The van der Waals surface area contributed by atoms with Gasteiger partial charge in [0.2, 0.25) is 6.54 Å². The third-order valence-corrected chi connectivity index (χ3v) is 3.52. The molecule has 0 saturated carbocycles. The van der Waals surface area contributed by atoms with Gasteiger partial charge in [0.1, 0.15) is 11.7 Å². The van der Waals surface area contributed by atoms with Gasteiger partial charge < -0.3 is 8.98 Å². The molecule has 102 valence electrons. The Morgan fingerprint density at radius 2 is 2.10 bits per heavy atom. The van der Waals surface area contributed by atoms with E-state index in [-0.39, 0.29) is 17.4 Å². The topological polar surface area (TPSA) is 61.2 Å². The van der Waals surface area contributed by atoms with Crippen molar-refractivity contribution in [1.29, 1.82) is 0 Å². The third-order valence-electron chi connectivity index (χ3n) is 3.52. The molecule has 0 aliphatic carbocycles. The molecule has 0 fully saturated rings. The first-order valence-electron chi connectivity index (χ1n) is 6.36. The molecule has 0 spiro atoms. The molecule has 5 heteroatoms. The van der Waals surface area contributed by atoms with E-state index in [1.165, 1.54) is 0 Å². The minimum absolute atomic E-state index is 0.179. The first kappa shape index (κ1) is 12.5. The highest BCUT2D eigenvalue weighted by Crippen LogP contribution is 2.32. The highest BCUT2D eigenvalue weighted by molar-refractivity contribution is 5.84. The molecular weight excluding hydrogens is 256 g/mol. The van der Waals surface area contributed by atoms with Crippen molar-refractivity contribution in [3.63, 3.8) is 0 Å². The number of aromatic nitrogens is 1. The summed E-state index contributed by atoms with van der Waals surface area (Å²) in [6.45, 7) is -0.179. The van der Waals surface area contributed by atoms with Crippen LogP contribution in [0, 0.1) is 10.1 Å². The van der Waals surface area contributed by atoms with Gasteiger partial charge >= 0.3 is 0 Å². The maximum absolute atomic E-state index is 11.0. The van der Waals surface area contributed by atoms with E-state index in [0.717, 1.165) is 16.5 Å². The average Bonchev–Trinajstić information content (AvgIpc) is 3.05. The molecule has 2 aromatic heterocycles. The van der Waals surface area contributed by atoms with Gasteiger partial charge in [-0.15, -0.1) is 0 Å². The summed E-state index contributed by atoms with van der Waals surface area (Å²) in [6, 6.07) is 11.4. The van der Waals surface area contributed by atoms with Gasteiger partial charge in [0.25, 0.3) is 0 Å². The summed E-state index contributed by atoms with van der Waals surface area (Å²) in [6.07, 6.45) is 3.49. The molecule has 1 aromatic carbocycles. The van der Waals surface area contributed by atoms with Crippen LogP contribution in [-0.4, -0.2) is 16.0 Å². The molecule has 0 bridgehead atoms. The Balaban J connectivity index is 2.16. The summed E-state index contributed by atoms with van der Waals surface area (Å²) in [4.78, 5) is 10.7. The molecule has 0 radical (unpaired) electrons. The monoisotopic (exact) mass is 270 g/mol. The van der Waals surface area contributed by atoms with Crippen LogP contribution in [0.15, 0.2) is 53.3 Å². The van der Waals surface area contributed by atoms with Crippen LogP contribution in [0.1, 0.15) is 17.2 Å². The van der Waals surface area contributed by atoms with Crippen molar-refractivity contribution < 1.29 is 9.34 Å². The fourth-order valence-corrected chi connectivity index (χ4v) is 2.63. The van der Waals surface area contributed by atoms with Gasteiger partial charge in [-0.1, -0.05) is 18.2 Å². The number of nitrogens with zero attached hydrogens (tertiary/aromatic N) is 2. The lowest BCUT2D eigenvalue weighted by atomic mass is 9.96. The van der Waals surface area contributed by atoms with Crippen molar-refractivity contribution in [3.05, 3.63) is 70.3 Å². The Kier molecular flexibility index (Phi) is 3.02. The second-order valence-corrected chi connectivity index (χ2v) is 4.80. The Morgan fingerprint density at radius 3 is 2.80 bits per heavy atom. The van der Waals surface area contributed by atoms with Crippen LogP contribution >= 0.6 is 0 Å². The number of rotatable bonds is 4. The first-order valence-corrected chi connectivity index (χ1v) is 6.36. The van der Waals surface area contributed by atoms with E-state index in [9.17, 15) is 10.1 Å². The molecule has 2 heterocycles. The van der Waals surface area contributed by atoms with Crippen molar-refractivity contribution in [1.82, 2.24) is 4.57 Å². The second-order valence-electron chi connectivity index (χ2n) is 4.80. The normalized spacial score (nSPS) is 12.7. The van der Waals surface area contributed by atoms with Crippen LogP contribution in [-0.2, 0) is 7.05 Å². The smallest absolute Gasteiger partial charge is 0.217 e. The predicted octanol–water partition coefficient (Wildman–Crippen LogP) is 3.18. The molecule has 1 atom stereocenters. The van der Waals surface area contributed by atoms with Crippen LogP contribution < -0.4 is 0 Å². The quantitative estimate of drug-likeness (QED) is 0.540. The highest BCUT2D eigenvalue weighted by Gasteiger charge is 2.26. The van der Waals surface area contributed by atoms with E-state index >= 15 is 0 Å². The number of hydrogen-bond donors (Lipinski definition) is 0. The number of aryl methyl sites for hydroxylation is 1. The molecule has 20 heavy (non-hydrogen) atoms. The molecule has 0 aliphatic heterocycles. The lowest BCUT2D eigenvalue weighted by Gasteiger charge is -2.09. The van der Waals surface area contributed by atoms with E-state index in [1.807, 2.05) is 42.1 Å². The molecule has 3 aromatic rings. The maximum atomic E-state index is 11.0. The lowest BCUT2D eigenvalue weighted by molar-refractivity contribution is -0.482. The Hall–Kier alpha value is -2.56. The van der Waals surface area contributed by atoms with Crippen molar-refractivity contribution >= 4 is 10.9 Å². The maximum Gasteiger partial charge on any atom is 0.217 e. The van der Waals surface area contributed by atoms with E-state index in [0.29, 0.717) is 5.76 Å². The number of benzene rings is 1.